The molecule has 1 saturated heterocycles. The summed E-state index contributed by atoms with van der Waals surface area (Å²) in [4.78, 5) is 2.51. The van der Waals surface area contributed by atoms with E-state index in [4.69, 9.17) is 9.47 Å². The molecule has 0 bridgehead atoms. The summed E-state index contributed by atoms with van der Waals surface area (Å²) in [6.07, 6.45) is 1.23. The first kappa shape index (κ1) is 11.1. The molecule has 2 heterocycles. The molecule has 0 aliphatic carbocycles. The number of nitrogens with zero attached hydrogens (tertiary/aromatic N) is 1. The summed E-state index contributed by atoms with van der Waals surface area (Å²) in [5, 5.41) is 0. The zero-order valence-corrected chi connectivity index (χ0v) is 10.3. The van der Waals surface area contributed by atoms with Crippen LogP contribution in [0.25, 0.3) is 0 Å². The van der Waals surface area contributed by atoms with Crippen LogP contribution in [0.4, 0.5) is 0 Å². The predicted octanol–water partition coefficient (Wildman–Crippen LogP) is 2.23. The largest absolute Gasteiger partial charge is 0.493 e. The lowest BCUT2D eigenvalue weighted by molar-refractivity contribution is -0.0724. The van der Waals surface area contributed by atoms with Gasteiger partial charge in [0.15, 0.2) is 0 Å². The molecule has 0 aromatic heterocycles. The molecule has 0 radical (unpaired) electrons. The van der Waals surface area contributed by atoms with Crippen molar-refractivity contribution in [2.75, 3.05) is 26.3 Å². The Morgan fingerprint density at radius 2 is 2.18 bits per heavy atom. The average Bonchev–Trinajstić information content (AvgIpc) is 2.58. The third kappa shape index (κ3) is 1.94. The number of para-hydroxylation sites is 1. The second kappa shape index (κ2) is 4.67. The topological polar surface area (TPSA) is 21.7 Å². The molecule has 1 fully saturated rings. The highest BCUT2D eigenvalue weighted by Gasteiger charge is 2.35. The van der Waals surface area contributed by atoms with Gasteiger partial charge in [0, 0.05) is 18.2 Å². The van der Waals surface area contributed by atoms with E-state index in [0.717, 1.165) is 38.5 Å². The molecule has 0 N–H and O–H groups in total. The van der Waals surface area contributed by atoms with E-state index in [1.165, 1.54) is 5.56 Å². The van der Waals surface area contributed by atoms with E-state index < -0.39 is 0 Å². The second-order valence-corrected chi connectivity index (χ2v) is 4.66. The van der Waals surface area contributed by atoms with Gasteiger partial charge in [-0.1, -0.05) is 25.1 Å². The van der Waals surface area contributed by atoms with Gasteiger partial charge in [-0.25, -0.2) is 0 Å². The van der Waals surface area contributed by atoms with E-state index in [1.54, 1.807) is 0 Å². The molecule has 0 unspecified atom stereocenters. The lowest BCUT2D eigenvalue weighted by Crippen LogP contribution is -2.46. The van der Waals surface area contributed by atoms with Gasteiger partial charge in [-0.05, 0) is 19.0 Å². The van der Waals surface area contributed by atoms with Crippen molar-refractivity contribution < 1.29 is 9.47 Å². The number of ether oxygens (including phenoxy) is 2. The lowest BCUT2D eigenvalue weighted by atomic mass is 9.97. The van der Waals surface area contributed by atoms with Gasteiger partial charge in [-0.3, -0.25) is 4.90 Å². The summed E-state index contributed by atoms with van der Waals surface area (Å²) in [6, 6.07) is 8.75. The van der Waals surface area contributed by atoms with Crippen LogP contribution in [0.5, 0.6) is 5.75 Å². The van der Waals surface area contributed by atoms with Crippen molar-refractivity contribution in [3.8, 4) is 5.75 Å². The van der Waals surface area contributed by atoms with Crippen LogP contribution in [0.2, 0.25) is 0 Å². The number of morpholine rings is 1. The Morgan fingerprint density at radius 1 is 1.29 bits per heavy atom. The number of likely N-dealkylation sites (N-methyl/N-ethyl adjacent to an activating group) is 1. The van der Waals surface area contributed by atoms with E-state index in [-0.39, 0.29) is 6.10 Å². The highest BCUT2D eigenvalue weighted by Crippen LogP contribution is 2.37. The van der Waals surface area contributed by atoms with Crippen molar-refractivity contribution in [3.05, 3.63) is 29.8 Å². The Balaban J connectivity index is 1.97. The predicted molar refractivity (Wildman–Crippen MR) is 66.3 cm³/mol. The van der Waals surface area contributed by atoms with Gasteiger partial charge in [0.1, 0.15) is 11.9 Å². The summed E-state index contributed by atoms with van der Waals surface area (Å²) in [5.74, 6) is 0.998. The normalized spacial score (nSPS) is 28.8. The Hall–Kier alpha value is -1.06. The van der Waals surface area contributed by atoms with Gasteiger partial charge in [0.25, 0.3) is 0 Å². The maximum atomic E-state index is 6.00. The number of hydrogen-bond acceptors (Lipinski definition) is 3. The number of rotatable bonds is 1. The molecule has 0 spiro atoms. The first-order chi connectivity index (χ1) is 8.40. The van der Waals surface area contributed by atoms with Crippen LogP contribution in [0.15, 0.2) is 24.3 Å². The number of benzene rings is 1. The van der Waals surface area contributed by atoms with Gasteiger partial charge in [-0.2, -0.15) is 0 Å². The zero-order chi connectivity index (χ0) is 11.7. The minimum atomic E-state index is 0.183. The van der Waals surface area contributed by atoms with Gasteiger partial charge >= 0.3 is 0 Å². The quantitative estimate of drug-likeness (QED) is 0.742. The minimum Gasteiger partial charge on any atom is -0.493 e. The van der Waals surface area contributed by atoms with Crippen LogP contribution >= 0.6 is 0 Å². The van der Waals surface area contributed by atoms with Crippen molar-refractivity contribution in [2.45, 2.75) is 25.5 Å². The molecule has 17 heavy (non-hydrogen) atoms. The molecule has 0 amide bonds. The Morgan fingerprint density at radius 3 is 3.06 bits per heavy atom. The van der Waals surface area contributed by atoms with Crippen molar-refractivity contribution in [1.82, 2.24) is 4.90 Å². The molecule has 0 saturated carbocycles. The van der Waals surface area contributed by atoms with Crippen LogP contribution in [-0.4, -0.2) is 37.2 Å². The molecular weight excluding hydrogens is 214 g/mol. The third-order valence-corrected chi connectivity index (χ3v) is 3.80. The lowest BCUT2D eigenvalue weighted by Gasteiger charge is -2.39. The van der Waals surface area contributed by atoms with Gasteiger partial charge < -0.3 is 9.47 Å². The summed E-state index contributed by atoms with van der Waals surface area (Å²) < 4.78 is 11.8. The number of fused-ring (bicyclic) bond motifs is 3. The molecular formula is C14H19NO2. The van der Waals surface area contributed by atoms with Crippen molar-refractivity contribution in [3.63, 3.8) is 0 Å². The molecule has 2 aliphatic rings. The first-order valence-electron chi connectivity index (χ1n) is 6.47. The molecule has 3 heteroatoms. The van der Waals surface area contributed by atoms with E-state index in [0.29, 0.717) is 6.04 Å². The van der Waals surface area contributed by atoms with Crippen LogP contribution in [0.1, 0.15) is 25.0 Å². The highest BCUT2D eigenvalue weighted by molar-refractivity contribution is 5.37. The standard InChI is InChI=1S/C14H19NO2/c1-2-15-8-10-17-14-11-5-3-4-6-13(11)16-9-7-12(14)15/h3-6,12,14H,2,7-10H2,1H3/t12-,14-/m1/s1. The van der Waals surface area contributed by atoms with Crippen LogP contribution < -0.4 is 4.74 Å². The van der Waals surface area contributed by atoms with Gasteiger partial charge in [0.05, 0.1) is 13.2 Å². The Bertz CT molecular complexity index is 394. The molecule has 3 rings (SSSR count). The fourth-order valence-corrected chi connectivity index (χ4v) is 2.93. The molecule has 2 atom stereocenters. The molecule has 2 aliphatic heterocycles. The fourth-order valence-electron chi connectivity index (χ4n) is 2.93. The second-order valence-electron chi connectivity index (χ2n) is 4.66. The summed E-state index contributed by atoms with van der Waals surface area (Å²) in [7, 11) is 0. The minimum absolute atomic E-state index is 0.183. The Labute approximate surface area is 102 Å². The maximum Gasteiger partial charge on any atom is 0.125 e. The molecule has 92 valence electrons. The highest BCUT2D eigenvalue weighted by atomic mass is 16.5. The fraction of sp³-hybridized carbons (Fsp3) is 0.571. The molecule has 3 nitrogen and oxygen atoms in total. The molecule has 1 aromatic rings. The number of hydrogen-bond donors (Lipinski definition) is 0. The zero-order valence-electron chi connectivity index (χ0n) is 10.3. The Kier molecular flexibility index (Phi) is 3.04. The van der Waals surface area contributed by atoms with Gasteiger partial charge in [-0.15, -0.1) is 0 Å². The van der Waals surface area contributed by atoms with E-state index >= 15 is 0 Å². The summed E-state index contributed by atoms with van der Waals surface area (Å²) in [6.45, 7) is 5.97. The SMILES string of the molecule is CCN1CCO[C@@H]2c3ccccc3OCC[C@H]21. The summed E-state index contributed by atoms with van der Waals surface area (Å²) in [5.41, 5.74) is 1.22. The van der Waals surface area contributed by atoms with Gasteiger partial charge in [0.2, 0.25) is 0 Å². The van der Waals surface area contributed by atoms with Crippen LogP contribution in [0.3, 0.4) is 0 Å². The average molecular weight is 233 g/mol. The van der Waals surface area contributed by atoms with E-state index in [9.17, 15) is 0 Å². The van der Waals surface area contributed by atoms with Crippen LogP contribution in [0, 0.1) is 0 Å². The van der Waals surface area contributed by atoms with E-state index in [2.05, 4.69) is 24.0 Å². The first-order valence-corrected chi connectivity index (χ1v) is 6.47. The smallest absolute Gasteiger partial charge is 0.125 e. The van der Waals surface area contributed by atoms with Crippen LogP contribution in [-0.2, 0) is 4.74 Å². The van der Waals surface area contributed by atoms with E-state index in [1.807, 2.05) is 12.1 Å². The van der Waals surface area contributed by atoms with Crippen molar-refractivity contribution in [2.24, 2.45) is 0 Å². The van der Waals surface area contributed by atoms with Crippen molar-refractivity contribution in [1.29, 1.82) is 0 Å². The monoisotopic (exact) mass is 233 g/mol. The summed E-state index contributed by atoms with van der Waals surface area (Å²) >= 11 is 0. The molecule has 1 aromatic carbocycles. The third-order valence-electron chi connectivity index (χ3n) is 3.80. The van der Waals surface area contributed by atoms with Crippen molar-refractivity contribution >= 4 is 0 Å². The maximum absolute atomic E-state index is 6.00.